The summed E-state index contributed by atoms with van der Waals surface area (Å²) in [6.07, 6.45) is 0. The minimum atomic E-state index is -3.83. The van der Waals surface area contributed by atoms with Gasteiger partial charge in [-0.2, -0.15) is 4.72 Å². The fourth-order valence-corrected chi connectivity index (χ4v) is 4.00. The maximum absolute atomic E-state index is 12.6. The third kappa shape index (κ3) is 4.47. The number of nitrogens with one attached hydrogen (secondary N) is 2. The molecule has 0 bridgehead atoms. The molecule has 3 rings (SSSR count). The van der Waals surface area contributed by atoms with Gasteiger partial charge in [-0.1, -0.05) is 23.7 Å². The zero-order chi connectivity index (χ0) is 19.6. The molecule has 1 heterocycles. The second-order valence-corrected chi connectivity index (χ2v) is 8.34. The number of rotatable bonds is 6. The predicted octanol–water partition coefficient (Wildman–Crippen LogP) is 2.54. The van der Waals surface area contributed by atoms with Crippen molar-refractivity contribution in [2.24, 2.45) is 0 Å². The second-order valence-electron chi connectivity index (χ2n) is 6.19. The van der Waals surface area contributed by atoms with Gasteiger partial charge in [-0.05, 0) is 43.3 Å². The molecule has 0 aliphatic carbocycles. The largest absolute Gasteiger partial charge is 0.340 e. The number of imidazole rings is 1. The first-order valence-corrected chi connectivity index (χ1v) is 10.1. The summed E-state index contributed by atoms with van der Waals surface area (Å²) in [7, 11) is -2.23. The van der Waals surface area contributed by atoms with E-state index in [4.69, 9.17) is 11.6 Å². The molecule has 1 atom stereocenters. The van der Waals surface area contributed by atoms with Crippen LogP contribution in [0, 0.1) is 0 Å². The van der Waals surface area contributed by atoms with E-state index in [0.717, 1.165) is 11.0 Å². The highest BCUT2D eigenvalue weighted by Gasteiger charge is 2.24. The molecule has 0 aliphatic heterocycles. The lowest BCUT2D eigenvalue weighted by atomic mass is 10.3. The first-order chi connectivity index (χ1) is 12.8. The molecule has 0 radical (unpaired) electrons. The van der Waals surface area contributed by atoms with Gasteiger partial charge >= 0.3 is 0 Å². The van der Waals surface area contributed by atoms with Gasteiger partial charge in [-0.3, -0.25) is 4.79 Å². The minimum absolute atomic E-state index is 0.0477. The Kier molecular flexibility index (Phi) is 5.50. The van der Waals surface area contributed by atoms with E-state index >= 15 is 0 Å². The number of likely N-dealkylation sites (N-methyl/N-ethyl adjacent to an activating group) is 1. The number of H-pyrrole nitrogens is 1. The van der Waals surface area contributed by atoms with E-state index in [9.17, 15) is 13.2 Å². The Balaban J connectivity index is 1.67. The number of hydrogen-bond acceptors (Lipinski definition) is 4. The van der Waals surface area contributed by atoms with Gasteiger partial charge in [0.1, 0.15) is 5.82 Å². The Morgan fingerprint density at radius 2 is 1.89 bits per heavy atom. The lowest BCUT2D eigenvalue weighted by Crippen LogP contribution is -2.45. The predicted molar refractivity (Wildman–Crippen MR) is 104 cm³/mol. The Labute approximate surface area is 162 Å². The first kappa shape index (κ1) is 19.3. The summed E-state index contributed by atoms with van der Waals surface area (Å²) in [5.74, 6) is 0.257. The van der Waals surface area contributed by atoms with E-state index in [1.165, 1.54) is 36.1 Å². The fourth-order valence-electron chi connectivity index (χ4n) is 2.68. The van der Waals surface area contributed by atoms with Crippen LogP contribution in [0.1, 0.15) is 12.7 Å². The van der Waals surface area contributed by atoms with Gasteiger partial charge in [0.05, 0.1) is 28.5 Å². The number of nitrogens with zero attached hydrogens (tertiary/aromatic N) is 2. The summed E-state index contributed by atoms with van der Waals surface area (Å²) in [6.45, 7) is 1.74. The van der Waals surface area contributed by atoms with E-state index in [-0.39, 0.29) is 17.3 Å². The van der Waals surface area contributed by atoms with Crippen LogP contribution >= 0.6 is 11.6 Å². The maximum Gasteiger partial charge on any atom is 0.241 e. The van der Waals surface area contributed by atoms with Gasteiger partial charge in [-0.25, -0.2) is 13.4 Å². The number of carbonyl (C=O) groups excluding carboxylic acids is 1. The molecule has 0 unspecified atom stereocenters. The molecule has 1 amide bonds. The molecular formula is C18H19ClN4O3S. The van der Waals surface area contributed by atoms with Gasteiger partial charge in [-0.15, -0.1) is 0 Å². The molecule has 27 heavy (non-hydrogen) atoms. The van der Waals surface area contributed by atoms with Crippen LogP contribution in [0.4, 0.5) is 0 Å². The quantitative estimate of drug-likeness (QED) is 0.657. The summed E-state index contributed by atoms with van der Waals surface area (Å²) in [6, 6.07) is 12.4. The molecule has 2 N–H and O–H groups in total. The number of aromatic nitrogens is 2. The van der Waals surface area contributed by atoms with E-state index in [1.54, 1.807) is 7.05 Å². The SMILES string of the molecule is C[C@H](NS(=O)(=O)c1ccc(Cl)cc1)C(=O)N(C)Cc1nc2ccccc2[nH]1. The molecule has 1 aromatic heterocycles. The Hall–Kier alpha value is -2.42. The molecule has 0 saturated heterocycles. The zero-order valence-electron chi connectivity index (χ0n) is 14.8. The number of sulfonamides is 1. The van der Waals surface area contributed by atoms with Gasteiger partial charge < -0.3 is 9.88 Å². The van der Waals surface area contributed by atoms with Crippen LogP contribution in [0.3, 0.4) is 0 Å². The molecular weight excluding hydrogens is 388 g/mol. The number of fused-ring (bicyclic) bond motifs is 1. The molecule has 0 saturated carbocycles. The highest BCUT2D eigenvalue weighted by atomic mass is 35.5. The number of halogens is 1. The van der Waals surface area contributed by atoms with Crippen molar-refractivity contribution in [2.75, 3.05) is 7.05 Å². The lowest BCUT2D eigenvalue weighted by molar-refractivity contribution is -0.131. The smallest absolute Gasteiger partial charge is 0.241 e. The van der Waals surface area contributed by atoms with Crippen LogP contribution in [0.5, 0.6) is 0 Å². The standard InChI is InChI=1S/C18H19ClN4O3S/c1-12(22-27(25,26)14-9-7-13(19)8-10-14)18(24)23(2)11-17-20-15-5-3-4-6-16(15)21-17/h3-10,12,22H,11H2,1-2H3,(H,20,21)/t12-/m0/s1. The Morgan fingerprint density at radius 3 is 2.56 bits per heavy atom. The number of amides is 1. The fraction of sp³-hybridized carbons (Fsp3) is 0.222. The van der Waals surface area contributed by atoms with Gasteiger partial charge in [0.15, 0.2) is 0 Å². The van der Waals surface area contributed by atoms with E-state index in [2.05, 4.69) is 14.7 Å². The number of para-hydroxylation sites is 2. The van der Waals surface area contributed by atoms with E-state index in [0.29, 0.717) is 10.8 Å². The first-order valence-electron chi connectivity index (χ1n) is 8.23. The van der Waals surface area contributed by atoms with Crippen LogP contribution < -0.4 is 4.72 Å². The van der Waals surface area contributed by atoms with Crippen molar-refractivity contribution >= 4 is 38.6 Å². The maximum atomic E-state index is 12.6. The van der Waals surface area contributed by atoms with Gasteiger partial charge in [0.25, 0.3) is 0 Å². The molecule has 2 aromatic carbocycles. The third-order valence-corrected chi connectivity index (χ3v) is 5.84. The van der Waals surface area contributed by atoms with E-state index in [1.807, 2.05) is 24.3 Å². The van der Waals surface area contributed by atoms with Crippen LogP contribution in [0.2, 0.25) is 5.02 Å². The van der Waals surface area contributed by atoms with Crippen LogP contribution in [0.15, 0.2) is 53.4 Å². The van der Waals surface area contributed by atoms with Crippen LogP contribution in [-0.2, 0) is 21.4 Å². The Bertz CT molecular complexity index is 1030. The summed E-state index contributed by atoms with van der Waals surface area (Å²) in [5, 5.41) is 0.434. The monoisotopic (exact) mass is 406 g/mol. The summed E-state index contributed by atoms with van der Waals surface area (Å²) in [5.41, 5.74) is 1.69. The molecule has 0 spiro atoms. The minimum Gasteiger partial charge on any atom is -0.340 e. The number of benzene rings is 2. The van der Waals surface area contributed by atoms with Crippen molar-refractivity contribution in [3.05, 3.63) is 59.4 Å². The summed E-state index contributed by atoms with van der Waals surface area (Å²) >= 11 is 5.78. The third-order valence-electron chi connectivity index (χ3n) is 4.03. The highest BCUT2D eigenvalue weighted by molar-refractivity contribution is 7.89. The lowest BCUT2D eigenvalue weighted by Gasteiger charge is -2.21. The van der Waals surface area contributed by atoms with Gasteiger partial charge in [0, 0.05) is 12.1 Å². The van der Waals surface area contributed by atoms with Gasteiger partial charge in [0.2, 0.25) is 15.9 Å². The topological polar surface area (TPSA) is 95.2 Å². The van der Waals surface area contributed by atoms with E-state index < -0.39 is 16.1 Å². The van der Waals surface area contributed by atoms with Crippen molar-refractivity contribution < 1.29 is 13.2 Å². The Morgan fingerprint density at radius 1 is 1.22 bits per heavy atom. The van der Waals surface area contributed by atoms with Crippen molar-refractivity contribution in [3.8, 4) is 0 Å². The highest BCUT2D eigenvalue weighted by Crippen LogP contribution is 2.15. The van der Waals surface area contributed by atoms with Crippen LogP contribution in [-0.4, -0.2) is 42.3 Å². The van der Waals surface area contributed by atoms with Crippen molar-refractivity contribution in [1.82, 2.24) is 19.6 Å². The summed E-state index contributed by atoms with van der Waals surface area (Å²) < 4.78 is 27.2. The molecule has 7 nitrogen and oxygen atoms in total. The normalized spacial score (nSPS) is 12.9. The molecule has 142 valence electrons. The average Bonchev–Trinajstić information content (AvgIpc) is 3.03. The zero-order valence-corrected chi connectivity index (χ0v) is 16.4. The van der Waals surface area contributed by atoms with Crippen LogP contribution in [0.25, 0.3) is 11.0 Å². The van der Waals surface area contributed by atoms with Crippen molar-refractivity contribution in [2.45, 2.75) is 24.4 Å². The van der Waals surface area contributed by atoms with Crippen molar-refractivity contribution in [3.63, 3.8) is 0 Å². The molecule has 0 fully saturated rings. The number of aromatic amines is 1. The summed E-state index contributed by atoms with van der Waals surface area (Å²) in [4.78, 5) is 21.6. The molecule has 3 aromatic rings. The number of carbonyl (C=O) groups is 1. The molecule has 0 aliphatic rings. The molecule has 9 heteroatoms. The second kappa shape index (κ2) is 7.67. The number of hydrogen-bond donors (Lipinski definition) is 2. The average molecular weight is 407 g/mol. The van der Waals surface area contributed by atoms with Crippen molar-refractivity contribution in [1.29, 1.82) is 0 Å².